The van der Waals surface area contributed by atoms with Crippen LogP contribution in [0.4, 0.5) is 4.79 Å². The number of nitrogens with one attached hydrogen (secondary N) is 1. The number of aliphatic hydroxyl groups excluding tert-OH is 1. The van der Waals surface area contributed by atoms with Gasteiger partial charge in [-0.15, -0.1) is 11.3 Å². The SMILES string of the molecule is Cc1nc2c(s1)[C@H](N(C)C(=O)NCCCC(C)(C)CO)CCC2. The molecule has 0 saturated carbocycles. The Bertz CT molecular complexity index is 542. The van der Waals surface area contributed by atoms with Crippen molar-refractivity contribution in [1.82, 2.24) is 15.2 Å². The molecular formula is C17H29N3O2S. The lowest BCUT2D eigenvalue weighted by molar-refractivity contribution is 0.147. The molecule has 1 aromatic rings. The number of fused-ring (bicyclic) bond motifs is 1. The molecule has 0 saturated heterocycles. The van der Waals surface area contributed by atoms with Crippen molar-refractivity contribution in [2.24, 2.45) is 5.41 Å². The van der Waals surface area contributed by atoms with E-state index >= 15 is 0 Å². The first-order chi connectivity index (χ1) is 10.8. The maximum Gasteiger partial charge on any atom is 0.317 e. The topological polar surface area (TPSA) is 65.5 Å². The molecule has 130 valence electrons. The Morgan fingerprint density at radius 2 is 2.26 bits per heavy atom. The van der Waals surface area contributed by atoms with Crippen molar-refractivity contribution in [3.63, 3.8) is 0 Å². The molecular weight excluding hydrogens is 310 g/mol. The van der Waals surface area contributed by atoms with Crippen LogP contribution < -0.4 is 5.32 Å². The Labute approximate surface area is 143 Å². The van der Waals surface area contributed by atoms with Crippen molar-refractivity contribution in [1.29, 1.82) is 0 Å². The molecule has 1 heterocycles. The van der Waals surface area contributed by atoms with Crippen molar-refractivity contribution in [2.45, 2.75) is 58.9 Å². The highest BCUT2D eigenvalue weighted by atomic mass is 32.1. The van der Waals surface area contributed by atoms with Crippen LogP contribution in [-0.4, -0.2) is 41.2 Å². The van der Waals surface area contributed by atoms with Crippen LogP contribution in [0.25, 0.3) is 0 Å². The molecule has 0 aromatic carbocycles. The summed E-state index contributed by atoms with van der Waals surface area (Å²) in [5.41, 5.74) is 1.10. The summed E-state index contributed by atoms with van der Waals surface area (Å²) < 4.78 is 0. The van der Waals surface area contributed by atoms with Crippen molar-refractivity contribution < 1.29 is 9.90 Å². The molecule has 0 aliphatic heterocycles. The molecule has 2 rings (SSSR count). The minimum Gasteiger partial charge on any atom is -0.396 e. The number of nitrogens with zero attached hydrogens (tertiary/aromatic N) is 2. The summed E-state index contributed by atoms with van der Waals surface area (Å²) in [7, 11) is 1.88. The molecule has 0 spiro atoms. The van der Waals surface area contributed by atoms with E-state index in [2.05, 4.69) is 10.3 Å². The number of thiazole rings is 1. The number of aryl methyl sites for hydroxylation is 2. The molecule has 0 radical (unpaired) electrons. The highest BCUT2D eigenvalue weighted by molar-refractivity contribution is 7.11. The molecule has 2 amide bonds. The lowest BCUT2D eigenvalue weighted by Gasteiger charge is -2.31. The summed E-state index contributed by atoms with van der Waals surface area (Å²) in [4.78, 5) is 20.1. The Morgan fingerprint density at radius 1 is 1.52 bits per heavy atom. The zero-order valence-corrected chi connectivity index (χ0v) is 15.5. The monoisotopic (exact) mass is 339 g/mol. The number of carbonyl (C=O) groups excluding carboxylic acids is 1. The van der Waals surface area contributed by atoms with Gasteiger partial charge in [0.2, 0.25) is 0 Å². The Balaban J connectivity index is 1.86. The number of amides is 2. The van der Waals surface area contributed by atoms with E-state index in [1.807, 2.05) is 32.7 Å². The summed E-state index contributed by atoms with van der Waals surface area (Å²) in [6.45, 7) is 6.93. The average molecular weight is 340 g/mol. The third-order valence-electron chi connectivity index (χ3n) is 4.55. The van der Waals surface area contributed by atoms with Gasteiger partial charge in [-0.2, -0.15) is 0 Å². The van der Waals surface area contributed by atoms with Crippen LogP contribution in [0.1, 0.15) is 61.2 Å². The molecule has 1 aromatic heterocycles. The number of aromatic nitrogens is 1. The number of hydrogen-bond acceptors (Lipinski definition) is 4. The molecule has 6 heteroatoms. The van der Waals surface area contributed by atoms with Gasteiger partial charge in [0.1, 0.15) is 0 Å². The first-order valence-corrected chi connectivity index (χ1v) is 9.23. The van der Waals surface area contributed by atoms with E-state index in [1.54, 1.807) is 11.3 Å². The smallest absolute Gasteiger partial charge is 0.317 e. The van der Waals surface area contributed by atoms with Crippen molar-refractivity contribution >= 4 is 17.4 Å². The summed E-state index contributed by atoms with van der Waals surface area (Å²) in [5, 5.41) is 13.3. The lowest BCUT2D eigenvalue weighted by atomic mass is 9.89. The molecule has 2 N–H and O–H groups in total. The van der Waals surface area contributed by atoms with Crippen LogP contribution in [0.2, 0.25) is 0 Å². The second-order valence-corrected chi connectivity index (χ2v) is 8.46. The average Bonchev–Trinajstić information content (AvgIpc) is 2.90. The second-order valence-electron chi connectivity index (χ2n) is 7.22. The number of aliphatic hydroxyl groups is 1. The molecule has 0 unspecified atom stereocenters. The van der Waals surface area contributed by atoms with Crippen molar-refractivity contribution in [3.05, 3.63) is 15.6 Å². The fourth-order valence-corrected chi connectivity index (χ4v) is 4.15. The fraction of sp³-hybridized carbons (Fsp3) is 0.765. The van der Waals surface area contributed by atoms with E-state index in [0.717, 1.165) is 37.1 Å². The highest BCUT2D eigenvalue weighted by Gasteiger charge is 2.29. The van der Waals surface area contributed by atoms with E-state index in [0.29, 0.717) is 6.54 Å². The Morgan fingerprint density at radius 3 is 2.96 bits per heavy atom. The van der Waals surface area contributed by atoms with Crippen molar-refractivity contribution in [2.75, 3.05) is 20.2 Å². The third-order valence-corrected chi connectivity index (χ3v) is 5.67. The van der Waals surface area contributed by atoms with Crippen LogP contribution in [0.15, 0.2) is 0 Å². The predicted octanol–water partition coefficient (Wildman–Crippen LogP) is 3.27. The highest BCUT2D eigenvalue weighted by Crippen LogP contribution is 2.37. The summed E-state index contributed by atoms with van der Waals surface area (Å²) >= 11 is 1.72. The molecule has 0 fully saturated rings. The van der Waals surface area contributed by atoms with Gasteiger partial charge in [-0.3, -0.25) is 0 Å². The van der Waals surface area contributed by atoms with Gasteiger partial charge >= 0.3 is 6.03 Å². The van der Waals surface area contributed by atoms with Crippen LogP contribution in [0, 0.1) is 12.3 Å². The predicted molar refractivity (Wildman–Crippen MR) is 93.8 cm³/mol. The minimum atomic E-state index is -0.0743. The summed E-state index contributed by atoms with van der Waals surface area (Å²) in [6.07, 6.45) is 4.90. The minimum absolute atomic E-state index is 0.0179. The second kappa shape index (κ2) is 7.62. The maximum atomic E-state index is 12.4. The number of rotatable bonds is 6. The normalized spacial score (nSPS) is 17.7. The largest absolute Gasteiger partial charge is 0.396 e. The molecule has 1 aliphatic carbocycles. The maximum absolute atomic E-state index is 12.4. The number of urea groups is 1. The first-order valence-electron chi connectivity index (χ1n) is 8.42. The quantitative estimate of drug-likeness (QED) is 0.782. The van der Waals surface area contributed by atoms with Gasteiger partial charge in [0, 0.05) is 20.2 Å². The van der Waals surface area contributed by atoms with Gasteiger partial charge in [-0.1, -0.05) is 13.8 Å². The number of carbonyl (C=O) groups is 1. The lowest BCUT2D eigenvalue weighted by Crippen LogP contribution is -2.41. The zero-order chi connectivity index (χ0) is 17.0. The standard InChI is InChI=1S/C17H29N3O2S/c1-12-19-13-7-5-8-14(15(13)23-12)20(4)16(22)18-10-6-9-17(2,3)11-21/h14,21H,5-11H2,1-4H3,(H,18,22)/t14-/m1/s1. The van der Waals surface area contributed by atoms with Crippen LogP contribution in [0.5, 0.6) is 0 Å². The third kappa shape index (κ3) is 4.67. The molecule has 1 atom stereocenters. The van der Waals surface area contributed by atoms with E-state index in [4.69, 9.17) is 0 Å². The summed E-state index contributed by atoms with van der Waals surface area (Å²) in [5.74, 6) is 0. The van der Waals surface area contributed by atoms with E-state index < -0.39 is 0 Å². The molecule has 0 bridgehead atoms. The van der Waals surface area contributed by atoms with Gasteiger partial charge in [0.15, 0.2) is 0 Å². The van der Waals surface area contributed by atoms with Gasteiger partial charge in [-0.25, -0.2) is 9.78 Å². The van der Waals surface area contributed by atoms with E-state index in [-0.39, 0.29) is 24.1 Å². The van der Waals surface area contributed by atoms with Gasteiger partial charge in [-0.05, 0) is 44.4 Å². The van der Waals surface area contributed by atoms with Crippen LogP contribution in [-0.2, 0) is 6.42 Å². The molecule has 1 aliphatic rings. The molecule has 5 nitrogen and oxygen atoms in total. The summed E-state index contributed by atoms with van der Waals surface area (Å²) in [6, 6.07) is 0.134. The van der Waals surface area contributed by atoms with Crippen LogP contribution in [0.3, 0.4) is 0 Å². The Hall–Kier alpha value is -1.14. The zero-order valence-electron chi connectivity index (χ0n) is 14.7. The van der Waals surface area contributed by atoms with E-state index in [1.165, 1.54) is 10.6 Å². The van der Waals surface area contributed by atoms with Gasteiger partial charge in [0.25, 0.3) is 0 Å². The van der Waals surface area contributed by atoms with Crippen LogP contribution >= 0.6 is 11.3 Å². The fourth-order valence-electron chi connectivity index (χ4n) is 3.00. The van der Waals surface area contributed by atoms with Gasteiger partial charge in [0.05, 0.1) is 21.6 Å². The molecule has 23 heavy (non-hydrogen) atoms. The first kappa shape index (κ1) is 18.2. The van der Waals surface area contributed by atoms with Crippen molar-refractivity contribution in [3.8, 4) is 0 Å². The number of hydrogen-bond donors (Lipinski definition) is 2. The van der Waals surface area contributed by atoms with Gasteiger partial charge < -0.3 is 15.3 Å². The Kier molecular flexibility index (Phi) is 6.03. The van der Waals surface area contributed by atoms with E-state index in [9.17, 15) is 9.90 Å².